The van der Waals surface area contributed by atoms with Gasteiger partial charge in [-0.15, -0.1) is 0 Å². The molecule has 0 aromatic rings. The zero-order valence-electron chi connectivity index (χ0n) is 13.1. The summed E-state index contributed by atoms with van der Waals surface area (Å²) in [6.45, 7) is 6.97. The van der Waals surface area contributed by atoms with E-state index in [1.165, 1.54) is 0 Å². The lowest BCUT2D eigenvalue weighted by molar-refractivity contribution is -0.173. The molecule has 8 heteroatoms. The van der Waals surface area contributed by atoms with Crippen LogP contribution in [0.25, 0.3) is 0 Å². The highest BCUT2D eigenvalue weighted by molar-refractivity contribution is 7.99. The molecule has 0 heterocycles. The van der Waals surface area contributed by atoms with Gasteiger partial charge in [0.2, 0.25) is 0 Å². The number of ether oxygens (including phenoxy) is 1. The van der Waals surface area contributed by atoms with Gasteiger partial charge in [0.1, 0.15) is 6.61 Å². The Hall–Kier alpha value is -0.630. The number of hydrogen-bond donors (Lipinski definition) is 2. The molecule has 0 aliphatic carbocycles. The zero-order chi connectivity index (χ0) is 16.4. The maximum Gasteiger partial charge on any atom is 0.411 e. The molecule has 0 bridgehead atoms. The summed E-state index contributed by atoms with van der Waals surface area (Å²) in [5.74, 6) is 0.676. The highest BCUT2D eigenvalue weighted by Gasteiger charge is 2.27. The number of nitrogens with zero attached hydrogens (tertiary/aromatic N) is 1. The smallest absolute Gasteiger partial charge is 0.372 e. The van der Waals surface area contributed by atoms with Gasteiger partial charge in [-0.25, -0.2) is 0 Å². The van der Waals surface area contributed by atoms with Crippen LogP contribution in [0.3, 0.4) is 0 Å². The molecule has 4 nitrogen and oxygen atoms in total. The second kappa shape index (κ2) is 10.2. The minimum Gasteiger partial charge on any atom is -0.372 e. The SMILES string of the molecule is CCNC(=NCC(C)(C)SC)NCCCOCC(F)(F)F. The number of halogens is 3. The molecule has 0 amide bonds. The Labute approximate surface area is 129 Å². The molecule has 0 saturated carbocycles. The third kappa shape index (κ3) is 12.8. The summed E-state index contributed by atoms with van der Waals surface area (Å²) in [5.41, 5.74) is 0. The minimum absolute atomic E-state index is 0.0537. The van der Waals surface area contributed by atoms with Gasteiger partial charge >= 0.3 is 6.18 Å². The van der Waals surface area contributed by atoms with E-state index in [2.05, 4.69) is 34.2 Å². The van der Waals surface area contributed by atoms with Gasteiger partial charge in [0.25, 0.3) is 0 Å². The summed E-state index contributed by atoms with van der Waals surface area (Å²) >= 11 is 1.74. The van der Waals surface area contributed by atoms with Gasteiger partial charge in [0, 0.05) is 24.4 Å². The fourth-order valence-corrected chi connectivity index (χ4v) is 1.44. The summed E-state index contributed by atoms with van der Waals surface area (Å²) in [6.07, 6.45) is -1.73. The number of rotatable bonds is 9. The molecule has 0 aromatic carbocycles. The number of hydrogen-bond acceptors (Lipinski definition) is 3. The largest absolute Gasteiger partial charge is 0.411 e. The fourth-order valence-electron chi connectivity index (χ4n) is 1.24. The molecule has 0 spiro atoms. The molecule has 0 aliphatic heterocycles. The van der Waals surface area contributed by atoms with E-state index in [4.69, 9.17) is 0 Å². The maximum atomic E-state index is 11.9. The Kier molecular flexibility index (Phi) is 9.85. The van der Waals surface area contributed by atoms with Crippen LogP contribution in [0.2, 0.25) is 0 Å². The van der Waals surface area contributed by atoms with E-state index in [1.807, 2.05) is 13.2 Å². The fraction of sp³-hybridized carbons (Fsp3) is 0.923. The van der Waals surface area contributed by atoms with Crippen LogP contribution < -0.4 is 10.6 Å². The van der Waals surface area contributed by atoms with Crippen LogP contribution in [0.15, 0.2) is 4.99 Å². The lowest BCUT2D eigenvalue weighted by Gasteiger charge is -2.20. The lowest BCUT2D eigenvalue weighted by Crippen LogP contribution is -2.39. The van der Waals surface area contributed by atoms with Crippen molar-refractivity contribution in [3.63, 3.8) is 0 Å². The van der Waals surface area contributed by atoms with E-state index in [-0.39, 0.29) is 11.4 Å². The van der Waals surface area contributed by atoms with Crippen molar-refractivity contribution in [1.82, 2.24) is 10.6 Å². The summed E-state index contributed by atoms with van der Waals surface area (Å²) in [4.78, 5) is 4.47. The standard InChI is InChI=1S/C13H26F3N3OS/c1-5-17-11(19-9-12(2,3)21-4)18-7-6-8-20-10-13(14,15)16/h5-10H2,1-4H3,(H2,17,18,19). The van der Waals surface area contributed by atoms with Gasteiger partial charge in [-0.1, -0.05) is 0 Å². The molecule has 0 aromatic heterocycles. The van der Waals surface area contributed by atoms with E-state index >= 15 is 0 Å². The van der Waals surface area contributed by atoms with Gasteiger partial charge in [-0.05, 0) is 33.4 Å². The molecule has 0 aliphatic rings. The first kappa shape index (κ1) is 20.4. The number of aliphatic imine (C=N–C) groups is 1. The maximum absolute atomic E-state index is 11.9. The second-order valence-corrected chi connectivity index (χ2v) is 6.62. The third-order valence-electron chi connectivity index (χ3n) is 2.54. The molecule has 0 fully saturated rings. The Balaban J connectivity index is 3.97. The van der Waals surface area contributed by atoms with Crippen molar-refractivity contribution in [1.29, 1.82) is 0 Å². The van der Waals surface area contributed by atoms with Crippen LogP contribution in [-0.2, 0) is 4.74 Å². The monoisotopic (exact) mass is 329 g/mol. The Bertz CT molecular complexity index is 310. The molecule has 0 rings (SSSR count). The van der Waals surface area contributed by atoms with E-state index < -0.39 is 12.8 Å². The van der Waals surface area contributed by atoms with Crippen molar-refractivity contribution in [2.24, 2.45) is 4.99 Å². The van der Waals surface area contributed by atoms with Crippen molar-refractivity contribution in [3.05, 3.63) is 0 Å². The molecule has 2 N–H and O–H groups in total. The van der Waals surface area contributed by atoms with E-state index in [0.29, 0.717) is 25.5 Å². The first-order valence-corrected chi connectivity index (χ1v) is 8.14. The summed E-state index contributed by atoms with van der Waals surface area (Å²) in [5, 5.41) is 6.19. The predicted octanol–water partition coefficient (Wildman–Crippen LogP) is 2.65. The average Bonchev–Trinajstić information content (AvgIpc) is 2.38. The topological polar surface area (TPSA) is 45.7 Å². The van der Waals surface area contributed by atoms with Gasteiger partial charge < -0.3 is 15.4 Å². The Morgan fingerprint density at radius 3 is 2.43 bits per heavy atom. The third-order valence-corrected chi connectivity index (χ3v) is 3.77. The number of thioether (sulfide) groups is 1. The molecule has 21 heavy (non-hydrogen) atoms. The van der Waals surface area contributed by atoms with E-state index in [1.54, 1.807) is 11.8 Å². The number of nitrogens with one attached hydrogen (secondary N) is 2. The summed E-state index contributed by atoms with van der Waals surface area (Å²) in [7, 11) is 0. The van der Waals surface area contributed by atoms with Crippen LogP contribution in [0.5, 0.6) is 0 Å². The number of alkyl halides is 3. The molecule has 0 saturated heterocycles. The predicted molar refractivity (Wildman–Crippen MR) is 83.1 cm³/mol. The highest BCUT2D eigenvalue weighted by atomic mass is 32.2. The van der Waals surface area contributed by atoms with E-state index in [9.17, 15) is 13.2 Å². The van der Waals surface area contributed by atoms with Gasteiger partial charge in [-0.2, -0.15) is 24.9 Å². The normalized spacial score (nSPS) is 13.4. The summed E-state index contributed by atoms with van der Waals surface area (Å²) < 4.78 is 40.2. The van der Waals surface area contributed by atoms with Crippen LogP contribution in [0.1, 0.15) is 27.2 Å². The average molecular weight is 329 g/mol. The highest BCUT2D eigenvalue weighted by Crippen LogP contribution is 2.20. The molecule has 0 atom stereocenters. The van der Waals surface area contributed by atoms with Gasteiger partial charge in [0.15, 0.2) is 5.96 Å². The Morgan fingerprint density at radius 2 is 1.90 bits per heavy atom. The van der Waals surface area contributed by atoms with Gasteiger partial charge in [0.05, 0.1) is 6.54 Å². The van der Waals surface area contributed by atoms with Crippen LogP contribution >= 0.6 is 11.8 Å². The van der Waals surface area contributed by atoms with Crippen molar-refractivity contribution < 1.29 is 17.9 Å². The summed E-state index contributed by atoms with van der Waals surface area (Å²) in [6, 6.07) is 0. The molecule has 0 radical (unpaired) electrons. The van der Waals surface area contributed by atoms with Crippen molar-refractivity contribution >= 4 is 17.7 Å². The quantitative estimate of drug-likeness (QED) is 0.388. The first-order chi connectivity index (χ1) is 9.70. The van der Waals surface area contributed by atoms with Crippen LogP contribution in [0.4, 0.5) is 13.2 Å². The second-order valence-electron chi connectivity index (χ2n) is 5.11. The first-order valence-electron chi connectivity index (χ1n) is 6.92. The Morgan fingerprint density at radius 1 is 1.24 bits per heavy atom. The van der Waals surface area contributed by atoms with Crippen molar-refractivity contribution in [2.45, 2.75) is 38.1 Å². The van der Waals surface area contributed by atoms with Crippen molar-refractivity contribution in [3.8, 4) is 0 Å². The van der Waals surface area contributed by atoms with E-state index in [0.717, 1.165) is 6.54 Å². The number of guanidine groups is 1. The molecule has 126 valence electrons. The zero-order valence-corrected chi connectivity index (χ0v) is 14.0. The molecular formula is C13H26F3N3OS. The minimum atomic E-state index is -4.26. The molecular weight excluding hydrogens is 303 g/mol. The van der Waals surface area contributed by atoms with Crippen LogP contribution in [0, 0.1) is 0 Å². The lowest BCUT2D eigenvalue weighted by atomic mass is 10.2. The van der Waals surface area contributed by atoms with Crippen molar-refractivity contribution in [2.75, 3.05) is 39.1 Å². The van der Waals surface area contributed by atoms with Crippen LogP contribution in [-0.4, -0.2) is 56.0 Å². The molecule has 0 unspecified atom stereocenters. The van der Waals surface area contributed by atoms with Gasteiger partial charge in [-0.3, -0.25) is 4.99 Å².